The molecule has 140 valence electrons. The molecule has 0 fully saturated rings. The molecule has 0 aliphatic rings. The van der Waals surface area contributed by atoms with Gasteiger partial charge in [-0.25, -0.2) is 0 Å². The van der Waals surface area contributed by atoms with E-state index in [4.69, 9.17) is 0 Å². The Kier molecular flexibility index (Phi) is 4.73. The average Bonchev–Trinajstić information content (AvgIpc) is 2.90. The van der Waals surface area contributed by atoms with Gasteiger partial charge in [0.15, 0.2) is 0 Å². The molecule has 0 unspecified atom stereocenters. The van der Waals surface area contributed by atoms with E-state index in [0.717, 1.165) is 0 Å². The minimum Gasteiger partial charge on any atom is -0.319 e. The van der Waals surface area contributed by atoms with Gasteiger partial charge in [-0.3, -0.25) is 14.9 Å². The lowest BCUT2D eigenvalue weighted by atomic mass is 9.92. The van der Waals surface area contributed by atoms with E-state index in [1.807, 2.05) is 0 Å². The van der Waals surface area contributed by atoms with Crippen LogP contribution in [0, 0.1) is 17.0 Å². The third-order valence-corrected chi connectivity index (χ3v) is 4.48. The van der Waals surface area contributed by atoms with Crippen molar-refractivity contribution in [1.29, 1.82) is 0 Å². The minimum atomic E-state index is -5.04. The topological polar surface area (TPSA) is 64.6 Å². The van der Waals surface area contributed by atoms with Crippen LogP contribution in [0.3, 0.4) is 0 Å². The van der Waals surface area contributed by atoms with Crippen molar-refractivity contribution in [3.63, 3.8) is 0 Å². The van der Waals surface area contributed by atoms with Crippen LogP contribution in [0.4, 0.5) is 13.2 Å². The second kappa shape index (κ2) is 6.86. The highest BCUT2D eigenvalue weighted by Gasteiger charge is 2.43. The fourth-order valence-electron chi connectivity index (χ4n) is 3.40. The number of halogens is 3. The quantitative estimate of drug-likeness (QED) is 0.377. The number of alkyl halides is 3. The van der Waals surface area contributed by atoms with Gasteiger partial charge >= 0.3 is 6.18 Å². The molecule has 0 bridgehead atoms. The lowest BCUT2D eigenvalue weighted by Crippen LogP contribution is -2.23. The Morgan fingerprint density at radius 3 is 2.37 bits per heavy atom. The van der Waals surface area contributed by atoms with Gasteiger partial charge in [-0.15, -0.1) is 0 Å². The first kappa shape index (κ1) is 18.6. The maximum Gasteiger partial charge on any atom is 0.454 e. The SMILES string of the molecule is Cc1c(C(=O)C(F)(F)F)c2ccccn2c1[C@@H](C[N+](=O)[O-])c1ccccc1. The van der Waals surface area contributed by atoms with Crippen LogP contribution in [-0.4, -0.2) is 27.8 Å². The van der Waals surface area contributed by atoms with E-state index in [2.05, 4.69) is 0 Å². The number of fused-ring (bicyclic) bond motifs is 1. The van der Waals surface area contributed by atoms with Crippen molar-refractivity contribution < 1.29 is 22.9 Å². The molecule has 3 rings (SSSR count). The molecule has 0 aliphatic heterocycles. The summed E-state index contributed by atoms with van der Waals surface area (Å²) in [7, 11) is 0. The predicted molar refractivity (Wildman–Crippen MR) is 92.7 cm³/mol. The van der Waals surface area contributed by atoms with Gasteiger partial charge in [0, 0.05) is 16.8 Å². The summed E-state index contributed by atoms with van der Waals surface area (Å²) in [4.78, 5) is 22.8. The van der Waals surface area contributed by atoms with Gasteiger partial charge in [0.1, 0.15) is 0 Å². The minimum absolute atomic E-state index is 0.0802. The third-order valence-electron chi connectivity index (χ3n) is 4.48. The van der Waals surface area contributed by atoms with Crippen LogP contribution in [0.25, 0.3) is 5.52 Å². The van der Waals surface area contributed by atoms with Crippen LogP contribution in [0.2, 0.25) is 0 Å². The summed E-state index contributed by atoms with van der Waals surface area (Å²) < 4.78 is 40.8. The molecule has 2 aromatic heterocycles. The molecule has 0 radical (unpaired) electrons. The number of hydrogen-bond donors (Lipinski definition) is 0. The molecule has 0 aliphatic carbocycles. The number of ketones is 1. The molecule has 5 nitrogen and oxygen atoms in total. The summed E-state index contributed by atoms with van der Waals surface area (Å²) >= 11 is 0. The molecule has 0 saturated carbocycles. The van der Waals surface area contributed by atoms with Gasteiger partial charge in [-0.1, -0.05) is 36.4 Å². The molecule has 0 spiro atoms. The number of Topliss-reactive ketones (excluding diaryl/α,β-unsaturated/α-hetero) is 1. The molecule has 2 heterocycles. The van der Waals surface area contributed by atoms with E-state index in [1.54, 1.807) is 36.4 Å². The number of pyridine rings is 1. The largest absolute Gasteiger partial charge is 0.454 e. The monoisotopic (exact) mass is 376 g/mol. The summed E-state index contributed by atoms with van der Waals surface area (Å²) in [5.74, 6) is -2.76. The van der Waals surface area contributed by atoms with Crippen LogP contribution in [0.15, 0.2) is 54.7 Å². The normalized spacial score (nSPS) is 12.9. The van der Waals surface area contributed by atoms with Crippen molar-refractivity contribution in [2.75, 3.05) is 6.54 Å². The Labute approximate surface area is 152 Å². The van der Waals surface area contributed by atoms with E-state index in [1.165, 1.54) is 29.7 Å². The number of nitro groups is 1. The van der Waals surface area contributed by atoms with Crippen LogP contribution in [-0.2, 0) is 0 Å². The molecule has 1 aromatic carbocycles. The summed E-state index contributed by atoms with van der Waals surface area (Å²) in [6.45, 7) is 0.892. The summed E-state index contributed by atoms with van der Waals surface area (Å²) in [5.41, 5.74) is 0.603. The van der Waals surface area contributed by atoms with Gasteiger partial charge < -0.3 is 4.40 Å². The molecule has 1 atom stereocenters. The first-order valence-corrected chi connectivity index (χ1v) is 8.09. The number of rotatable bonds is 5. The van der Waals surface area contributed by atoms with Gasteiger partial charge in [0.25, 0.3) is 5.78 Å². The van der Waals surface area contributed by atoms with Gasteiger partial charge in [0.2, 0.25) is 6.54 Å². The van der Waals surface area contributed by atoms with Crippen molar-refractivity contribution in [1.82, 2.24) is 4.40 Å². The van der Waals surface area contributed by atoms with Crippen molar-refractivity contribution in [3.05, 3.63) is 87.2 Å². The molecule has 3 aromatic rings. The Balaban J connectivity index is 2.31. The van der Waals surface area contributed by atoms with E-state index in [0.29, 0.717) is 11.3 Å². The second-order valence-electron chi connectivity index (χ2n) is 6.15. The third kappa shape index (κ3) is 3.42. The first-order valence-electron chi connectivity index (χ1n) is 8.09. The Hall–Kier alpha value is -3.16. The first-order chi connectivity index (χ1) is 12.7. The zero-order chi connectivity index (χ0) is 19.8. The van der Waals surface area contributed by atoms with Crippen molar-refractivity contribution in [2.45, 2.75) is 19.0 Å². The Morgan fingerprint density at radius 1 is 1.15 bits per heavy atom. The maximum absolute atomic E-state index is 13.1. The predicted octanol–water partition coefficient (Wildman–Crippen LogP) is 4.40. The maximum atomic E-state index is 13.1. The molecular weight excluding hydrogens is 361 g/mol. The average molecular weight is 376 g/mol. The van der Waals surface area contributed by atoms with E-state index in [9.17, 15) is 28.1 Å². The zero-order valence-corrected chi connectivity index (χ0v) is 14.2. The van der Waals surface area contributed by atoms with Gasteiger partial charge in [-0.05, 0) is 30.2 Å². The van der Waals surface area contributed by atoms with Crippen molar-refractivity contribution >= 4 is 11.3 Å². The van der Waals surface area contributed by atoms with Crippen LogP contribution in [0.1, 0.15) is 33.1 Å². The number of benzene rings is 1. The van der Waals surface area contributed by atoms with Crippen LogP contribution < -0.4 is 0 Å². The number of hydrogen-bond acceptors (Lipinski definition) is 3. The molecule has 0 amide bonds. The van der Waals surface area contributed by atoms with Gasteiger partial charge in [-0.2, -0.15) is 13.2 Å². The van der Waals surface area contributed by atoms with Crippen LogP contribution >= 0.6 is 0 Å². The van der Waals surface area contributed by atoms with E-state index >= 15 is 0 Å². The fraction of sp³-hybridized carbons (Fsp3) is 0.211. The van der Waals surface area contributed by atoms with E-state index in [-0.39, 0.29) is 11.1 Å². The lowest BCUT2D eigenvalue weighted by molar-refractivity contribution is -0.482. The highest BCUT2D eigenvalue weighted by molar-refractivity contribution is 6.07. The zero-order valence-electron chi connectivity index (χ0n) is 14.2. The summed E-state index contributed by atoms with van der Waals surface area (Å²) in [6.07, 6.45) is -3.52. The lowest BCUT2D eigenvalue weighted by Gasteiger charge is -2.15. The molecule has 8 heteroatoms. The Morgan fingerprint density at radius 2 is 1.78 bits per heavy atom. The van der Waals surface area contributed by atoms with Gasteiger partial charge in [0.05, 0.1) is 17.0 Å². The number of carbonyl (C=O) groups is 1. The van der Waals surface area contributed by atoms with Crippen molar-refractivity contribution in [2.24, 2.45) is 0 Å². The fourth-order valence-corrected chi connectivity index (χ4v) is 3.40. The summed E-state index contributed by atoms with van der Waals surface area (Å²) in [6, 6.07) is 13.0. The standard InChI is InChI=1S/C19H15F3N2O3/c1-12-16(18(25)19(20,21)22)15-9-5-6-10-23(15)17(12)14(11-24(26)27)13-7-3-2-4-8-13/h2-10,14H,11H2,1H3/t14-/m0/s1. The molecule has 0 saturated heterocycles. The van der Waals surface area contributed by atoms with Crippen molar-refractivity contribution in [3.8, 4) is 0 Å². The molecular formula is C19H15F3N2O3. The molecule has 27 heavy (non-hydrogen) atoms. The van der Waals surface area contributed by atoms with Crippen LogP contribution in [0.5, 0.6) is 0 Å². The number of nitrogens with zero attached hydrogens (tertiary/aromatic N) is 2. The number of aromatic nitrogens is 1. The smallest absolute Gasteiger partial charge is 0.319 e. The van der Waals surface area contributed by atoms with E-state index < -0.39 is 34.9 Å². The highest BCUT2D eigenvalue weighted by atomic mass is 19.4. The summed E-state index contributed by atoms with van der Waals surface area (Å²) in [5, 5.41) is 11.3. The second-order valence-corrected chi connectivity index (χ2v) is 6.15. The highest BCUT2D eigenvalue weighted by Crippen LogP contribution is 2.36. The molecule has 0 N–H and O–H groups in total. The number of carbonyl (C=O) groups excluding carboxylic acids is 1. The Bertz CT molecular complexity index is 1010.